The summed E-state index contributed by atoms with van der Waals surface area (Å²) in [6.07, 6.45) is -2.63. The number of carbonyl (C=O) groups is 6. The van der Waals surface area contributed by atoms with E-state index in [4.69, 9.17) is 4.74 Å². The second-order valence-electron chi connectivity index (χ2n) is 11.0. The van der Waals surface area contributed by atoms with Crippen molar-refractivity contribution in [3.8, 4) is 0 Å². The number of likely N-dealkylation sites (tertiary alicyclic amines) is 1. The molecule has 0 aromatic heterocycles. The molecule has 240 valence electrons. The van der Waals surface area contributed by atoms with Crippen molar-refractivity contribution in [2.45, 2.75) is 62.8 Å². The number of alkyl carbamates (subject to hydrolysis) is 1. The molecular weight excluding hydrogens is 594 g/mol. The number of nitrogens with zero attached hydrogens (tertiary/aromatic N) is 1. The summed E-state index contributed by atoms with van der Waals surface area (Å²) in [5, 5.41) is 27.5. The van der Waals surface area contributed by atoms with Gasteiger partial charge in [0.2, 0.25) is 11.8 Å². The molecule has 0 unspecified atom stereocenters. The van der Waals surface area contributed by atoms with Crippen molar-refractivity contribution < 1.29 is 43.7 Å². The summed E-state index contributed by atoms with van der Waals surface area (Å²) >= 11 is 0. The van der Waals surface area contributed by atoms with Gasteiger partial charge in [0, 0.05) is 25.2 Å². The van der Waals surface area contributed by atoms with Crippen LogP contribution in [0.15, 0.2) is 91.0 Å². The van der Waals surface area contributed by atoms with E-state index in [1.807, 2.05) is 6.07 Å². The van der Waals surface area contributed by atoms with Crippen LogP contribution in [0.3, 0.4) is 0 Å². The Hall–Kier alpha value is -5.52. The van der Waals surface area contributed by atoms with Gasteiger partial charge >= 0.3 is 6.09 Å². The molecule has 46 heavy (non-hydrogen) atoms. The summed E-state index contributed by atoms with van der Waals surface area (Å²) in [6.45, 7) is -0.0994. The normalized spacial score (nSPS) is 15.1. The van der Waals surface area contributed by atoms with Crippen molar-refractivity contribution >= 4 is 35.8 Å². The van der Waals surface area contributed by atoms with Gasteiger partial charge in [-0.1, -0.05) is 91.0 Å². The Balaban J connectivity index is 1.70. The maximum atomic E-state index is 14.7. The van der Waals surface area contributed by atoms with Gasteiger partial charge in [-0.25, -0.2) is 4.79 Å². The molecule has 0 radical (unpaired) electrons. The van der Waals surface area contributed by atoms with Crippen molar-refractivity contribution in [2.24, 2.45) is 0 Å². The number of carboxylic acid groups (broad SMARTS) is 2. The Morgan fingerprint density at radius 1 is 0.826 bits per heavy atom. The molecule has 1 fully saturated rings. The Kier molecular flexibility index (Phi) is 11.2. The fourth-order valence-electron chi connectivity index (χ4n) is 5.40. The van der Waals surface area contributed by atoms with Crippen LogP contribution in [0.25, 0.3) is 0 Å². The Labute approximate surface area is 265 Å². The lowest BCUT2D eigenvalue weighted by atomic mass is 9.83. The summed E-state index contributed by atoms with van der Waals surface area (Å²) < 4.78 is 5.49. The average molecular weight is 628 g/mol. The summed E-state index contributed by atoms with van der Waals surface area (Å²) in [6, 6.07) is 23.3. The van der Waals surface area contributed by atoms with Crippen molar-refractivity contribution in [1.82, 2.24) is 15.5 Å². The van der Waals surface area contributed by atoms with Gasteiger partial charge in [0.15, 0.2) is 0 Å². The molecule has 0 spiro atoms. The zero-order valence-electron chi connectivity index (χ0n) is 24.9. The molecule has 1 aliphatic heterocycles. The molecule has 12 heteroatoms. The molecule has 4 amide bonds. The first-order chi connectivity index (χ1) is 22.1. The first-order valence-corrected chi connectivity index (χ1v) is 14.7. The van der Waals surface area contributed by atoms with Crippen LogP contribution in [-0.2, 0) is 48.2 Å². The number of nitrogens with one attached hydrogen (secondary N) is 2. The minimum absolute atomic E-state index is 0.0899. The van der Waals surface area contributed by atoms with Crippen LogP contribution < -0.4 is 20.8 Å². The summed E-state index contributed by atoms with van der Waals surface area (Å²) in [7, 11) is 0. The first-order valence-electron chi connectivity index (χ1n) is 14.7. The Morgan fingerprint density at radius 2 is 1.35 bits per heavy atom. The van der Waals surface area contributed by atoms with Gasteiger partial charge in [0.25, 0.3) is 5.91 Å². The number of hydrogen-bond acceptors (Lipinski definition) is 9. The van der Waals surface area contributed by atoms with Crippen LogP contribution in [0, 0.1) is 0 Å². The number of aliphatic carboxylic acids is 2. The minimum atomic E-state index is -1.84. The van der Waals surface area contributed by atoms with Crippen LogP contribution in [0.4, 0.5) is 4.79 Å². The minimum Gasteiger partial charge on any atom is -0.550 e. The van der Waals surface area contributed by atoms with Crippen LogP contribution in [-0.4, -0.2) is 58.3 Å². The number of hydrogen-bond donors (Lipinski definition) is 2. The van der Waals surface area contributed by atoms with Crippen molar-refractivity contribution in [3.05, 3.63) is 108 Å². The third-order valence-electron chi connectivity index (χ3n) is 7.63. The lowest BCUT2D eigenvalue weighted by molar-refractivity contribution is -0.310. The highest BCUT2D eigenvalue weighted by Crippen LogP contribution is 2.29. The van der Waals surface area contributed by atoms with Crippen molar-refractivity contribution in [2.75, 3.05) is 0 Å². The van der Waals surface area contributed by atoms with E-state index >= 15 is 0 Å². The predicted molar refractivity (Wildman–Crippen MR) is 159 cm³/mol. The Bertz CT molecular complexity index is 1510. The van der Waals surface area contributed by atoms with Crippen LogP contribution in [0.1, 0.15) is 42.4 Å². The van der Waals surface area contributed by atoms with Gasteiger partial charge in [-0.05, 0) is 36.0 Å². The number of amides is 4. The summed E-state index contributed by atoms with van der Waals surface area (Å²) in [4.78, 5) is 78.0. The molecule has 3 aromatic carbocycles. The average Bonchev–Trinajstić information content (AvgIpc) is 3.43. The number of rotatable bonds is 14. The fraction of sp³-hybridized carbons (Fsp3) is 0.294. The Morgan fingerprint density at radius 3 is 1.85 bits per heavy atom. The van der Waals surface area contributed by atoms with Gasteiger partial charge < -0.3 is 35.2 Å². The standard InChI is InChI=1S/C34H35N3O9/c38-28-18-17-27(30(41)35-26(31(42)43)16-19-29(39)40)37(28)32(44)34(20-23-10-4-1-5-11-23,21-24-12-6-2-7-13-24)36-33(45)46-22-25-14-8-3-9-15-25/h1-15,26-27H,16-22H2,(H,35,41)(H,36,45)(H,39,40)(H,42,43)/p-2/t26-,27-/m0/s1. The van der Waals surface area contributed by atoms with E-state index in [0.29, 0.717) is 16.7 Å². The van der Waals surface area contributed by atoms with Crippen molar-refractivity contribution in [3.63, 3.8) is 0 Å². The topological polar surface area (TPSA) is 185 Å². The predicted octanol–water partition coefficient (Wildman–Crippen LogP) is 0.419. The molecule has 1 heterocycles. The molecule has 4 rings (SSSR count). The zero-order valence-corrected chi connectivity index (χ0v) is 24.9. The molecule has 0 bridgehead atoms. The van der Waals surface area contributed by atoms with Crippen LogP contribution >= 0.6 is 0 Å². The largest absolute Gasteiger partial charge is 0.550 e. The number of carbonyl (C=O) groups excluding carboxylic acids is 6. The number of benzene rings is 3. The van der Waals surface area contributed by atoms with E-state index in [1.165, 1.54) is 0 Å². The summed E-state index contributed by atoms with van der Waals surface area (Å²) in [5.74, 6) is -5.83. The number of ether oxygens (including phenoxy) is 1. The molecule has 1 saturated heterocycles. The maximum absolute atomic E-state index is 14.7. The summed E-state index contributed by atoms with van der Waals surface area (Å²) in [5.41, 5.74) is 0.148. The number of carboxylic acids is 2. The van der Waals surface area contributed by atoms with E-state index in [-0.39, 0.29) is 32.3 Å². The van der Waals surface area contributed by atoms with E-state index < -0.39 is 66.2 Å². The van der Waals surface area contributed by atoms with E-state index in [1.54, 1.807) is 84.9 Å². The molecule has 12 nitrogen and oxygen atoms in total. The second-order valence-corrected chi connectivity index (χ2v) is 11.0. The molecule has 1 aliphatic rings. The van der Waals surface area contributed by atoms with Gasteiger partial charge in [-0.2, -0.15) is 0 Å². The highest BCUT2D eigenvalue weighted by atomic mass is 16.5. The third kappa shape index (κ3) is 8.78. The van der Waals surface area contributed by atoms with Crippen LogP contribution in [0.5, 0.6) is 0 Å². The van der Waals surface area contributed by atoms with E-state index in [2.05, 4.69) is 10.6 Å². The van der Waals surface area contributed by atoms with Gasteiger partial charge in [-0.15, -0.1) is 0 Å². The van der Waals surface area contributed by atoms with Gasteiger partial charge in [0.1, 0.15) is 18.2 Å². The maximum Gasteiger partial charge on any atom is 0.408 e. The molecule has 0 saturated carbocycles. The van der Waals surface area contributed by atoms with Crippen molar-refractivity contribution in [1.29, 1.82) is 0 Å². The highest BCUT2D eigenvalue weighted by molar-refractivity contribution is 6.07. The first kappa shape index (κ1) is 33.4. The zero-order chi connectivity index (χ0) is 33.1. The second kappa shape index (κ2) is 15.5. The lowest BCUT2D eigenvalue weighted by Crippen LogP contribution is -2.65. The molecule has 3 aromatic rings. The monoisotopic (exact) mass is 627 g/mol. The quantitative estimate of drug-likeness (QED) is 0.256. The molecule has 0 aliphatic carbocycles. The SMILES string of the molecule is O=C([O-])CC[C@H](NC(=O)[C@@H]1CCC(=O)N1C(=O)C(Cc1ccccc1)(Cc1ccccc1)NC(=O)OCc1ccccc1)C(=O)[O-]. The fourth-order valence-corrected chi connectivity index (χ4v) is 5.40. The molecule has 2 atom stereocenters. The molecule has 2 N–H and O–H groups in total. The highest BCUT2D eigenvalue weighted by Gasteiger charge is 2.50. The number of imide groups is 1. The van der Waals surface area contributed by atoms with E-state index in [0.717, 1.165) is 4.90 Å². The van der Waals surface area contributed by atoms with Gasteiger partial charge in [-0.3, -0.25) is 19.3 Å². The van der Waals surface area contributed by atoms with E-state index in [9.17, 15) is 39.0 Å². The lowest BCUT2D eigenvalue weighted by Gasteiger charge is -2.38. The van der Waals surface area contributed by atoms with Crippen LogP contribution in [0.2, 0.25) is 0 Å². The smallest absolute Gasteiger partial charge is 0.408 e. The molecular formula is C34H33N3O9-2. The third-order valence-corrected chi connectivity index (χ3v) is 7.63. The van der Waals surface area contributed by atoms with Gasteiger partial charge in [0.05, 0.1) is 12.0 Å².